The van der Waals surface area contributed by atoms with Gasteiger partial charge in [-0.25, -0.2) is 4.98 Å². The summed E-state index contributed by atoms with van der Waals surface area (Å²) in [5.74, 6) is 0.549. The predicted octanol–water partition coefficient (Wildman–Crippen LogP) is 2.45. The molecule has 3 nitrogen and oxygen atoms in total. The highest BCUT2D eigenvalue weighted by Crippen LogP contribution is 2.23. The summed E-state index contributed by atoms with van der Waals surface area (Å²) in [7, 11) is 0. The number of hydrogen-bond donors (Lipinski definition) is 1. The lowest BCUT2D eigenvalue weighted by atomic mass is 9.97. The summed E-state index contributed by atoms with van der Waals surface area (Å²) >= 11 is 5.95. The fourth-order valence-electron chi connectivity index (χ4n) is 2.28. The van der Waals surface area contributed by atoms with Gasteiger partial charge in [-0.2, -0.15) is 0 Å². The highest BCUT2D eigenvalue weighted by Gasteiger charge is 2.17. The van der Waals surface area contributed by atoms with Crippen molar-refractivity contribution in [1.82, 2.24) is 14.7 Å². The van der Waals surface area contributed by atoms with E-state index in [0.29, 0.717) is 5.92 Å². The zero-order valence-corrected chi connectivity index (χ0v) is 9.74. The summed E-state index contributed by atoms with van der Waals surface area (Å²) in [6, 6.07) is 3.79. The number of imidazole rings is 1. The van der Waals surface area contributed by atoms with E-state index in [-0.39, 0.29) is 0 Å². The molecule has 1 aliphatic heterocycles. The first-order valence-corrected chi connectivity index (χ1v) is 6.05. The van der Waals surface area contributed by atoms with Crippen molar-refractivity contribution in [1.29, 1.82) is 0 Å². The number of nitrogens with zero attached hydrogens (tertiary/aromatic N) is 2. The number of halogens is 1. The molecule has 0 radical (unpaired) electrons. The van der Waals surface area contributed by atoms with E-state index in [2.05, 4.69) is 16.5 Å². The Bertz CT molecular complexity index is 500. The van der Waals surface area contributed by atoms with E-state index in [0.717, 1.165) is 23.8 Å². The molecule has 84 valence electrons. The van der Waals surface area contributed by atoms with Crippen molar-refractivity contribution in [2.75, 3.05) is 13.1 Å². The van der Waals surface area contributed by atoms with Crippen LogP contribution in [-0.4, -0.2) is 22.5 Å². The standard InChI is InChI=1S/C12H14ClN3/c13-10-3-5-16-8-11(15-12(16)6-10)9-2-1-4-14-7-9/h3,5-6,8-9,14H,1-2,4,7H2. The molecule has 1 saturated heterocycles. The fraction of sp³-hybridized carbons (Fsp3) is 0.417. The lowest BCUT2D eigenvalue weighted by Gasteiger charge is -2.20. The molecule has 2 aromatic heterocycles. The third-order valence-corrected chi connectivity index (χ3v) is 3.39. The Kier molecular flexibility index (Phi) is 2.58. The largest absolute Gasteiger partial charge is 0.316 e. The number of hydrogen-bond acceptors (Lipinski definition) is 2. The van der Waals surface area contributed by atoms with Gasteiger partial charge in [0.15, 0.2) is 0 Å². The Morgan fingerprint density at radius 1 is 1.50 bits per heavy atom. The minimum Gasteiger partial charge on any atom is -0.316 e. The molecule has 3 heterocycles. The molecule has 0 amide bonds. The maximum atomic E-state index is 5.95. The first kappa shape index (κ1) is 10.1. The first-order chi connectivity index (χ1) is 7.83. The normalized spacial score (nSPS) is 21.4. The zero-order chi connectivity index (χ0) is 11.0. The Labute approximate surface area is 99.4 Å². The van der Waals surface area contributed by atoms with Gasteiger partial charge in [0.1, 0.15) is 5.65 Å². The van der Waals surface area contributed by atoms with Gasteiger partial charge in [-0.05, 0) is 31.5 Å². The number of rotatable bonds is 1. The van der Waals surface area contributed by atoms with Gasteiger partial charge >= 0.3 is 0 Å². The molecule has 3 rings (SSSR count). The molecule has 0 aliphatic carbocycles. The van der Waals surface area contributed by atoms with Gasteiger partial charge in [0, 0.05) is 29.9 Å². The van der Waals surface area contributed by atoms with Crippen molar-refractivity contribution >= 4 is 17.2 Å². The topological polar surface area (TPSA) is 29.3 Å². The molecule has 0 aromatic carbocycles. The van der Waals surface area contributed by atoms with Crippen LogP contribution in [-0.2, 0) is 0 Å². The summed E-state index contributed by atoms with van der Waals surface area (Å²) in [6.45, 7) is 2.17. The summed E-state index contributed by atoms with van der Waals surface area (Å²) < 4.78 is 2.04. The minimum absolute atomic E-state index is 0.549. The van der Waals surface area contributed by atoms with Crippen molar-refractivity contribution in [3.05, 3.63) is 35.2 Å². The molecule has 4 heteroatoms. The Hall–Kier alpha value is -1.06. The van der Waals surface area contributed by atoms with Gasteiger partial charge in [-0.1, -0.05) is 11.6 Å². The second-order valence-electron chi connectivity index (χ2n) is 4.32. The number of piperidine rings is 1. The molecule has 0 saturated carbocycles. The average Bonchev–Trinajstić information content (AvgIpc) is 2.73. The van der Waals surface area contributed by atoms with Crippen LogP contribution in [0.2, 0.25) is 5.02 Å². The lowest BCUT2D eigenvalue weighted by molar-refractivity contribution is 0.456. The molecule has 0 bridgehead atoms. The molecule has 1 unspecified atom stereocenters. The summed E-state index contributed by atoms with van der Waals surface area (Å²) in [6.07, 6.45) is 6.54. The van der Waals surface area contributed by atoms with E-state index in [9.17, 15) is 0 Å². The third kappa shape index (κ3) is 1.81. The SMILES string of the molecule is Clc1ccn2cc(C3CCCNC3)nc2c1. The minimum atomic E-state index is 0.549. The van der Waals surface area contributed by atoms with E-state index >= 15 is 0 Å². The van der Waals surface area contributed by atoms with Gasteiger partial charge in [0.25, 0.3) is 0 Å². The molecule has 0 spiro atoms. The monoisotopic (exact) mass is 235 g/mol. The number of fused-ring (bicyclic) bond motifs is 1. The second-order valence-corrected chi connectivity index (χ2v) is 4.76. The second kappa shape index (κ2) is 4.07. The van der Waals surface area contributed by atoms with Crippen molar-refractivity contribution in [3.8, 4) is 0 Å². The van der Waals surface area contributed by atoms with Gasteiger partial charge < -0.3 is 9.72 Å². The van der Waals surface area contributed by atoms with Crippen LogP contribution in [0.3, 0.4) is 0 Å². The lowest BCUT2D eigenvalue weighted by Crippen LogP contribution is -2.28. The highest BCUT2D eigenvalue weighted by atomic mass is 35.5. The van der Waals surface area contributed by atoms with Crippen molar-refractivity contribution in [2.45, 2.75) is 18.8 Å². The quantitative estimate of drug-likeness (QED) is 0.823. The number of nitrogens with one attached hydrogen (secondary N) is 1. The maximum absolute atomic E-state index is 5.95. The van der Waals surface area contributed by atoms with E-state index in [1.54, 1.807) is 0 Å². The molecule has 1 fully saturated rings. The zero-order valence-electron chi connectivity index (χ0n) is 8.99. The van der Waals surface area contributed by atoms with Gasteiger partial charge in [-0.15, -0.1) is 0 Å². The van der Waals surface area contributed by atoms with Crippen LogP contribution >= 0.6 is 11.6 Å². The van der Waals surface area contributed by atoms with Crippen molar-refractivity contribution in [2.24, 2.45) is 0 Å². The van der Waals surface area contributed by atoms with E-state index in [1.807, 2.05) is 22.7 Å². The predicted molar refractivity (Wildman–Crippen MR) is 65.0 cm³/mol. The van der Waals surface area contributed by atoms with E-state index in [1.165, 1.54) is 18.5 Å². The van der Waals surface area contributed by atoms with E-state index in [4.69, 9.17) is 11.6 Å². The third-order valence-electron chi connectivity index (χ3n) is 3.16. The van der Waals surface area contributed by atoms with Crippen molar-refractivity contribution in [3.63, 3.8) is 0 Å². The molecule has 1 aliphatic rings. The van der Waals surface area contributed by atoms with Crippen LogP contribution in [0.1, 0.15) is 24.5 Å². The maximum Gasteiger partial charge on any atom is 0.138 e. The summed E-state index contributed by atoms with van der Waals surface area (Å²) in [4.78, 5) is 4.64. The van der Waals surface area contributed by atoms with Crippen molar-refractivity contribution < 1.29 is 0 Å². The molecule has 1 atom stereocenters. The van der Waals surface area contributed by atoms with Crippen LogP contribution in [0.5, 0.6) is 0 Å². The Morgan fingerprint density at radius 2 is 2.44 bits per heavy atom. The smallest absolute Gasteiger partial charge is 0.138 e. The van der Waals surface area contributed by atoms with Gasteiger partial charge in [0.2, 0.25) is 0 Å². The molecular weight excluding hydrogens is 222 g/mol. The van der Waals surface area contributed by atoms with Crippen LogP contribution in [0.25, 0.3) is 5.65 Å². The van der Waals surface area contributed by atoms with Crippen LogP contribution < -0.4 is 5.32 Å². The number of pyridine rings is 1. The fourth-order valence-corrected chi connectivity index (χ4v) is 2.43. The van der Waals surface area contributed by atoms with Crippen LogP contribution in [0.15, 0.2) is 24.5 Å². The Balaban J connectivity index is 1.97. The molecular formula is C12H14ClN3. The highest BCUT2D eigenvalue weighted by molar-refractivity contribution is 6.30. The molecule has 2 aromatic rings. The Morgan fingerprint density at radius 3 is 3.25 bits per heavy atom. The van der Waals surface area contributed by atoms with E-state index < -0.39 is 0 Å². The summed E-state index contributed by atoms with van der Waals surface area (Å²) in [5, 5.41) is 4.16. The average molecular weight is 236 g/mol. The van der Waals surface area contributed by atoms with Gasteiger partial charge in [0.05, 0.1) is 5.69 Å². The first-order valence-electron chi connectivity index (χ1n) is 5.68. The number of aromatic nitrogens is 2. The van der Waals surface area contributed by atoms with Gasteiger partial charge in [-0.3, -0.25) is 0 Å². The molecule has 16 heavy (non-hydrogen) atoms. The molecule has 1 N–H and O–H groups in total. The van der Waals surface area contributed by atoms with Crippen LogP contribution in [0, 0.1) is 0 Å². The van der Waals surface area contributed by atoms with Crippen LogP contribution in [0.4, 0.5) is 0 Å². The summed E-state index contributed by atoms with van der Waals surface area (Å²) in [5.41, 5.74) is 2.11.